The minimum absolute atomic E-state index is 0.110. The second kappa shape index (κ2) is 2.85. The lowest BCUT2D eigenvalue weighted by atomic mass is 9.80. The Labute approximate surface area is 84.3 Å². The maximum Gasteiger partial charge on any atom is 0.302 e. The molecule has 14 heavy (non-hydrogen) atoms. The van der Waals surface area contributed by atoms with E-state index in [0.717, 1.165) is 24.2 Å². The lowest BCUT2D eigenvalue weighted by Gasteiger charge is -2.30. The van der Waals surface area contributed by atoms with Crippen molar-refractivity contribution in [2.45, 2.75) is 32.3 Å². The van der Waals surface area contributed by atoms with Gasteiger partial charge < -0.3 is 4.74 Å². The van der Waals surface area contributed by atoms with Gasteiger partial charge in [-0.1, -0.05) is 12.2 Å². The maximum atomic E-state index is 10.9. The van der Waals surface area contributed by atoms with Gasteiger partial charge in [-0.05, 0) is 37.0 Å². The van der Waals surface area contributed by atoms with E-state index in [2.05, 4.69) is 12.2 Å². The van der Waals surface area contributed by atoms with Crippen LogP contribution < -0.4 is 0 Å². The van der Waals surface area contributed by atoms with Crippen molar-refractivity contribution >= 4 is 5.97 Å². The smallest absolute Gasteiger partial charge is 0.302 e. The molecular formula is C12H16O2. The summed E-state index contributed by atoms with van der Waals surface area (Å²) in [5, 5.41) is 0. The maximum absolute atomic E-state index is 10.9. The molecule has 0 saturated heterocycles. The summed E-state index contributed by atoms with van der Waals surface area (Å²) >= 11 is 0. The van der Waals surface area contributed by atoms with Gasteiger partial charge in [0.2, 0.25) is 0 Å². The van der Waals surface area contributed by atoms with Gasteiger partial charge in [0.15, 0.2) is 0 Å². The van der Waals surface area contributed by atoms with Gasteiger partial charge in [-0.2, -0.15) is 0 Å². The second-order valence-electron chi connectivity index (χ2n) is 4.95. The van der Waals surface area contributed by atoms with E-state index in [4.69, 9.17) is 4.74 Å². The molecule has 76 valence electrons. The Morgan fingerprint density at radius 1 is 1.36 bits per heavy atom. The number of allylic oxidation sites excluding steroid dienone is 2. The van der Waals surface area contributed by atoms with Crippen LogP contribution in [0.5, 0.6) is 0 Å². The molecule has 5 atom stereocenters. The fourth-order valence-corrected chi connectivity index (χ4v) is 3.83. The van der Waals surface area contributed by atoms with E-state index < -0.39 is 0 Å². The van der Waals surface area contributed by atoms with Crippen molar-refractivity contribution in [2.75, 3.05) is 0 Å². The molecule has 2 nitrogen and oxygen atoms in total. The highest BCUT2D eigenvalue weighted by molar-refractivity contribution is 5.66. The van der Waals surface area contributed by atoms with Gasteiger partial charge in [-0.3, -0.25) is 4.79 Å². The molecule has 2 heteroatoms. The summed E-state index contributed by atoms with van der Waals surface area (Å²) in [5.74, 6) is 2.95. The minimum Gasteiger partial charge on any atom is -0.462 e. The molecule has 3 aliphatic rings. The minimum atomic E-state index is -0.110. The molecule has 0 amide bonds. The van der Waals surface area contributed by atoms with Crippen molar-refractivity contribution < 1.29 is 9.53 Å². The Kier molecular flexibility index (Phi) is 1.73. The van der Waals surface area contributed by atoms with Gasteiger partial charge in [0.1, 0.15) is 6.10 Å². The van der Waals surface area contributed by atoms with Crippen molar-refractivity contribution in [1.82, 2.24) is 0 Å². The molecule has 3 rings (SSSR count). The van der Waals surface area contributed by atoms with Gasteiger partial charge in [0.25, 0.3) is 0 Å². The number of hydrogen-bond acceptors (Lipinski definition) is 2. The highest BCUT2D eigenvalue weighted by Gasteiger charge is 2.53. The summed E-state index contributed by atoms with van der Waals surface area (Å²) in [7, 11) is 0. The molecule has 0 spiro atoms. The molecule has 2 fully saturated rings. The van der Waals surface area contributed by atoms with Crippen LogP contribution in [-0.4, -0.2) is 12.1 Å². The van der Waals surface area contributed by atoms with E-state index in [1.54, 1.807) is 0 Å². The molecule has 0 unspecified atom stereocenters. The first-order valence-electron chi connectivity index (χ1n) is 5.59. The summed E-state index contributed by atoms with van der Waals surface area (Å²) in [4.78, 5) is 10.9. The van der Waals surface area contributed by atoms with E-state index in [9.17, 15) is 4.79 Å². The van der Waals surface area contributed by atoms with E-state index in [1.807, 2.05) is 0 Å². The van der Waals surface area contributed by atoms with E-state index >= 15 is 0 Å². The fraction of sp³-hybridized carbons (Fsp3) is 0.750. The third kappa shape index (κ3) is 1.06. The zero-order valence-electron chi connectivity index (χ0n) is 8.48. The van der Waals surface area contributed by atoms with Crippen LogP contribution in [0.2, 0.25) is 0 Å². The average Bonchev–Trinajstić information content (AvgIpc) is 2.68. The van der Waals surface area contributed by atoms with Crippen LogP contribution in [0.4, 0.5) is 0 Å². The molecule has 0 aromatic carbocycles. The first kappa shape index (κ1) is 8.51. The van der Waals surface area contributed by atoms with Crippen LogP contribution in [0.25, 0.3) is 0 Å². The highest BCUT2D eigenvalue weighted by atomic mass is 16.5. The number of rotatable bonds is 1. The van der Waals surface area contributed by atoms with Crippen LogP contribution in [0, 0.1) is 23.7 Å². The van der Waals surface area contributed by atoms with Crippen molar-refractivity contribution in [3.05, 3.63) is 12.2 Å². The van der Waals surface area contributed by atoms with E-state index in [-0.39, 0.29) is 12.1 Å². The van der Waals surface area contributed by atoms with Crippen LogP contribution >= 0.6 is 0 Å². The van der Waals surface area contributed by atoms with Crippen LogP contribution in [0.3, 0.4) is 0 Å². The lowest BCUT2D eigenvalue weighted by molar-refractivity contribution is -0.149. The van der Waals surface area contributed by atoms with Gasteiger partial charge >= 0.3 is 5.97 Å². The van der Waals surface area contributed by atoms with E-state index in [0.29, 0.717) is 5.92 Å². The first-order chi connectivity index (χ1) is 6.75. The number of carbonyl (C=O) groups excluding carboxylic acids is 1. The van der Waals surface area contributed by atoms with Crippen LogP contribution in [0.1, 0.15) is 26.2 Å². The molecule has 0 heterocycles. The zero-order chi connectivity index (χ0) is 9.71. The molecule has 3 aliphatic carbocycles. The quantitative estimate of drug-likeness (QED) is 0.470. The highest BCUT2D eigenvalue weighted by Crippen LogP contribution is 2.57. The third-order valence-corrected chi connectivity index (χ3v) is 4.27. The Hall–Kier alpha value is -0.790. The molecule has 0 N–H and O–H groups in total. The number of carbonyl (C=O) groups is 1. The number of esters is 1. The lowest BCUT2D eigenvalue weighted by Crippen LogP contribution is -2.31. The second-order valence-corrected chi connectivity index (χ2v) is 4.95. The predicted octanol–water partition coefficient (Wildman–Crippen LogP) is 2.15. The number of ether oxygens (including phenoxy) is 1. The SMILES string of the molecule is CC(=O)O[C@@H]1C[C@H]2C[C@@H]1[C@H]1C=CC[C@H]21. The fourth-order valence-electron chi connectivity index (χ4n) is 3.83. The summed E-state index contributed by atoms with van der Waals surface area (Å²) in [6, 6.07) is 0. The molecule has 0 aromatic heterocycles. The third-order valence-electron chi connectivity index (χ3n) is 4.27. The topological polar surface area (TPSA) is 26.3 Å². The Bertz CT molecular complexity index is 295. The summed E-state index contributed by atoms with van der Waals surface area (Å²) in [5.41, 5.74) is 0. The van der Waals surface area contributed by atoms with Gasteiger partial charge in [-0.25, -0.2) is 0 Å². The largest absolute Gasteiger partial charge is 0.462 e. The van der Waals surface area contributed by atoms with Gasteiger partial charge in [0, 0.05) is 12.8 Å². The van der Waals surface area contributed by atoms with Crippen molar-refractivity contribution in [3.8, 4) is 0 Å². The standard InChI is InChI=1S/C12H16O2/c1-7(13)14-12-6-8-5-11(12)10-4-2-3-9(8)10/h2,4,8-12H,3,5-6H2,1H3/t8-,9-,10+,11-,12-/m1/s1. The zero-order valence-corrected chi connectivity index (χ0v) is 8.48. The van der Waals surface area contributed by atoms with Gasteiger partial charge in [-0.15, -0.1) is 0 Å². The molecule has 2 saturated carbocycles. The first-order valence-corrected chi connectivity index (χ1v) is 5.59. The molecular weight excluding hydrogens is 176 g/mol. The monoisotopic (exact) mass is 192 g/mol. The molecule has 0 radical (unpaired) electrons. The number of fused-ring (bicyclic) bond motifs is 5. The molecule has 0 aromatic rings. The summed E-state index contributed by atoms with van der Waals surface area (Å²) < 4.78 is 5.38. The van der Waals surface area contributed by atoms with Crippen molar-refractivity contribution in [3.63, 3.8) is 0 Å². The molecule has 2 bridgehead atoms. The van der Waals surface area contributed by atoms with Crippen molar-refractivity contribution in [2.24, 2.45) is 23.7 Å². The Morgan fingerprint density at radius 2 is 2.21 bits per heavy atom. The van der Waals surface area contributed by atoms with Crippen molar-refractivity contribution in [1.29, 1.82) is 0 Å². The summed E-state index contributed by atoms with van der Waals surface area (Å²) in [6.45, 7) is 1.52. The normalized spacial score (nSPS) is 48.2. The Balaban J connectivity index is 1.76. The Morgan fingerprint density at radius 3 is 3.00 bits per heavy atom. The number of hydrogen-bond donors (Lipinski definition) is 0. The average molecular weight is 192 g/mol. The predicted molar refractivity (Wildman–Crippen MR) is 52.5 cm³/mol. The van der Waals surface area contributed by atoms with E-state index in [1.165, 1.54) is 19.8 Å². The van der Waals surface area contributed by atoms with Crippen LogP contribution in [0.15, 0.2) is 12.2 Å². The van der Waals surface area contributed by atoms with Crippen LogP contribution in [-0.2, 0) is 9.53 Å². The molecule has 0 aliphatic heterocycles. The summed E-state index contributed by atoms with van der Waals surface area (Å²) in [6.07, 6.45) is 8.56. The van der Waals surface area contributed by atoms with Gasteiger partial charge in [0.05, 0.1) is 0 Å².